The summed E-state index contributed by atoms with van der Waals surface area (Å²) in [6.07, 6.45) is 1.56. The van der Waals surface area contributed by atoms with E-state index in [1.54, 1.807) is 6.07 Å². The Balaban J connectivity index is 2.66. The summed E-state index contributed by atoms with van der Waals surface area (Å²) in [5.74, 6) is 0.566. The second-order valence-corrected chi connectivity index (χ2v) is 6.59. The van der Waals surface area contributed by atoms with Crippen molar-refractivity contribution < 1.29 is 17.9 Å². The van der Waals surface area contributed by atoms with Gasteiger partial charge in [-0.25, -0.2) is 12.7 Å². The summed E-state index contributed by atoms with van der Waals surface area (Å²) in [7, 11) is -0.587. The van der Waals surface area contributed by atoms with Crippen LogP contribution in [0.1, 0.15) is 25.5 Å². The fourth-order valence-corrected chi connectivity index (χ4v) is 2.44. The molecule has 0 aliphatic carbocycles. The molecule has 1 atom stereocenters. The number of nitrogens with one attached hydrogen (secondary N) is 1. The number of furan rings is 1. The molecule has 1 unspecified atom stereocenters. The van der Waals surface area contributed by atoms with Crippen molar-refractivity contribution >= 4 is 10.0 Å². The van der Waals surface area contributed by atoms with E-state index in [9.17, 15) is 8.42 Å². The molecule has 1 aromatic rings. The zero-order chi connectivity index (χ0) is 14.5. The van der Waals surface area contributed by atoms with Crippen LogP contribution in [0.2, 0.25) is 0 Å². The minimum absolute atomic E-state index is 0.0514. The smallest absolute Gasteiger partial charge is 0.275 e. The van der Waals surface area contributed by atoms with Crippen LogP contribution in [0, 0.1) is 0 Å². The first kappa shape index (κ1) is 16.2. The molecule has 110 valence electrons. The first-order chi connectivity index (χ1) is 8.91. The Morgan fingerprint density at radius 2 is 2.11 bits per heavy atom. The van der Waals surface area contributed by atoms with Gasteiger partial charge in [0.15, 0.2) is 0 Å². The Morgan fingerprint density at radius 3 is 2.63 bits per heavy atom. The quantitative estimate of drug-likeness (QED) is 0.739. The molecule has 0 saturated heterocycles. The highest BCUT2D eigenvalue weighted by Crippen LogP contribution is 2.17. The summed E-state index contributed by atoms with van der Waals surface area (Å²) in [5, 5.41) is 12.1. The molecule has 1 rings (SSSR count). The van der Waals surface area contributed by atoms with Crippen LogP contribution < -0.4 is 5.32 Å². The third-order valence-electron chi connectivity index (χ3n) is 2.91. The van der Waals surface area contributed by atoms with Gasteiger partial charge >= 0.3 is 0 Å². The van der Waals surface area contributed by atoms with E-state index in [0.29, 0.717) is 18.7 Å². The zero-order valence-corrected chi connectivity index (χ0v) is 12.4. The Bertz CT molecular complexity index is 482. The molecule has 7 heteroatoms. The fraction of sp³-hybridized carbons (Fsp3) is 0.667. The van der Waals surface area contributed by atoms with Gasteiger partial charge in [-0.2, -0.15) is 0 Å². The minimum Gasteiger partial charge on any atom is -0.447 e. The van der Waals surface area contributed by atoms with Crippen LogP contribution >= 0.6 is 0 Å². The van der Waals surface area contributed by atoms with E-state index in [0.717, 1.165) is 10.7 Å². The molecule has 0 aliphatic heterocycles. The summed E-state index contributed by atoms with van der Waals surface area (Å²) in [6, 6.07) is 3.30. The van der Waals surface area contributed by atoms with Crippen molar-refractivity contribution in [3.8, 4) is 0 Å². The lowest BCUT2D eigenvalue weighted by Gasteiger charge is -2.14. The molecule has 0 fully saturated rings. The molecule has 6 nitrogen and oxygen atoms in total. The monoisotopic (exact) mass is 290 g/mol. The third-order valence-corrected chi connectivity index (χ3v) is 4.60. The Morgan fingerprint density at radius 1 is 1.42 bits per heavy atom. The normalized spacial score (nSPS) is 13.9. The average Bonchev–Trinajstić information content (AvgIpc) is 2.83. The average molecular weight is 290 g/mol. The topological polar surface area (TPSA) is 82.8 Å². The summed E-state index contributed by atoms with van der Waals surface area (Å²) >= 11 is 0. The molecule has 2 N–H and O–H groups in total. The molecule has 19 heavy (non-hydrogen) atoms. The van der Waals surface area contributed by atoms with Gasteiger partial charge in [0.05, 0.1) is 6.54 Å². The standard InChI is InChI=1S/C12H22N2O4S/c1-4-10(7-8-15)13-9-11-5-6-12(18-11)19(16,17)14(2)3/h5-6,10,13,15H,4,7-9H2,1-3H3. The van der Waals surface area contributed by atoms with Crippen LogP contribution in [0.5, 0.6) is 0 Å². The van der Waals surface area contributed by atoms with E-state index in [1.807, 2.05) is 6.92 Å². The van der Waals surface area contributed by atoms with Crippen molar-refractivity contribution in [2.24, 2.45) is 0 Å². The van der Waals surface area contributed by atoms with Crippen LogP contribution in [-0.4, -0.2) is 44.6 Å². The van der Waals surface area contributed by atoms with E-state index < -0.39 is 10.0 Å². The van der Waals surface area contributed by atoms with Crippen molar-refractivity contribution in [2.45, 2.75) is 37.4 Å². The molecule has 0 radical (unpaired) electrons. The number of aliphatic hydroxyl groups excluding tert-OH is 1. The minimum atomic E-state index is -3.51. The Kier molecular flexibility index (Phi) is 5.99. The number of nitrogens with zero attached hydrogens (tertiary/aromatic N) is 1. The molecular weight excluding hydrogens is 268 g/mol. The molecular formula is C12H22N2O4S. The molecule has 0 saturated carbocycles. The zero-order valence-electron chi connectivity index (χ0n) is 11.6. The SMILES string of the molecule is CCC(CCO)NCc1ccc(S(=O)(=O)N(C)C)o1. The largest absolute Gasteiger partial charge is 0.447 e. The highest BCUT2D eigenvalue weighted by molar-refractivity contribution is 7.88. The van der Waals surface area contributed by atoms with Crippen LogP contribution in [-0.2, 0) is 16.6 Å². The van der Waals surface area contributed by atoms with E-state index in [-0.39, 0.29) is 17.7 Å². The van der Waals surface area contributed by atoms with Crippen LogP contribution in [0.4, 0.5) is 0 Å². The van der Waals surface area contributed by atoms with Crippen LogP contribution in [0.25, 0.3) is 0 Å². The fourth-order valence-electron chi connectivity index (χ4n) is 1.62. The van der Waals surface area contributed by atoms with E-state index in [4.69, 9.17) is 9.52 Å². The molecule has 0 bridgehead atoms. The lowest BCUT2D eigenvalue weighted by atomic mass is 10.1. The van der Waals surface area contributed by atoms with Crippen molar-refractivity contribution in [3.05, 3.63) is 17.9 Å². The van der Waals surface area contributed by atoms with Crippen molar-refractivity contribution in [3.63, 3.8) is 0 Å². The first-order valence-electron chi connectivity index (χ1n) is 6.27. The number of aliphatic hydroxyl groups is 1. The highest BCUT2D eigenvalue weighted by atomic mass is 32.2. The number of hydrogen-bond donors (Lipinski definition) is 2. The number of sulfonamides is 1. The molecule has 0 spiro atoms. The Hall–Kier alpha value is -0.890. The van der Waals surface area contributed by atoms with Gasteiger partial charge in [-0.3, -0.25) is 0 Å². The highest BCUT2D eigenvalue weighted by Gasteiger charge is 2.21. The summed E-state index contributed by atoms with van der Waals surface area (Å²) in [6.45, 7) is 2.60. The maximum absolute atomic E-state index is 11.8. The maximum atomic E-state index is 11.8. The second-order valence-electron chi connectivity index (χ2n) is 4.51. The number of rotatable bonds is 8. The maximum Gasteiger partial charge on any atom is 0.275 e. The van der Waals surface area contributed by atoms with Gasteiger partial charge in [0.25, 0.3) is 10.0 Å². The molecule has 0 aliphatic rings. The summed E-state index contributed by atoms with van der Waals surface area (Å²) in [5.41, 5.74) is 0. The van der Waals surface area contributed by atoms with Gasteiger partial charge in [0.2, 0.25) is 5.09 Å². The second kappa shape index (κ2) is 7.04. The molecule has 0 amide bonds. The number of hydrogen-bond acceptors (Lipinski definition) is 5. The predicted octanol–water partition coefficient (Wildman–Crippen LogP) is 0.780. The van der Waals surface area contributed by atoms with Crippen molar-refractivity contribution in [2.75, 3.05) is 20.7 Å². The van der Waals surface area contributed by atoms with Gasteiger partial charge in [-0.05, 0) is 25.0 Å². The van der Waals surface area contributed by atoms with Gasteiger partial charge < -0.3 is 14.8 Å². The van der Waals surface area contributed by atoms with Gasteiger partial charge in [0.1, 0.15) is 5.76 Å². The Labute approximate surface area is 114 Å². The molecule has 0 aromatic carbocycles. The van der Waals surface area contributed by atoms with Gasteiger partial charge in [0, 0.05) is 26.7 Å². The van der Waals surface area contributed by atoms with Crippen LogP contribution in [0.15, 0.2) is 21.6 Å². The lowest BCUT2D eigenvalue weighted by molar-refractivity contribution is 0.259. The third kappa shape index (κ3) is 4.31. The summed E-state index contributed by atoms with van der Waals surface area (Å²) < 4.78 is 30.1. The van der Waals surface area contributed by atoms with Crippen molar-refractivity contribution in [1.82, 2.24) is 9.62 Å². The summed E-state index contributed by atoms with van der Waals surface area (Å²) in [4.78, 5) is 0. The first-order valence-corrected chi connectivity index (χ1v) is 7.71. The molecule has 1 aromatic heterocycles. The van der Waals surface area contributed by atoms with E-state index >= 15 is 0 Å². The molecule has 1 heterocycles. The lowest BCUT2D eigenvalue weighted by Crippen LogP contribution is -2.28. The van der Waals surface area contributed by atoms with E-state index in [2.05, 4.69) is 5.32 Å². The van der Waals surface area contributed by atoms with Crippen LogP contribution in [0.3, 0.4) is 0 Å². The van der Waals surface area contributed by atoms with E-state index in [1.165, 1.54) is 20.2 Å². The van der Waals surface area contributed by atoms with Gasteiger partial charge in [-0.1, -0.05) is 6.92 Å². The van der Waals surface area contributed by atoms with Gasteiger partial charge in [-0.15, -0.1) is 0 Å². The van der Waals surface area contributed by atoms with Crippen molar-refractivity contribution in [1.29, 1.82) is 0 Å². The predicted molar refractivity (Wildman–Crippen MR) is 72.2 cm³/mol.